The molecule has 116 valence electrons. The summed E-state index contributed by atoms with van der Waals surface area (Å²) in [7, 11) is 0. The highest BCUT2D eigenvalue weighted by atomic mass is 14.2. The summed E-state index contributed by atoms with van der Waals surface area (Å²) < 4.78 is 0. The van der Waals surface area contributed by atoms with Crippen LogP contribution in [0.2, 0.25) is 0 Å². The minimum Gasteiger partial charge on any atom is -0.0842 e. The molecular weight excluding hydrogens is 228 g/mol. The SMILES string of the molecule is C/C=C(CC)\C(=C/CCC)CC(C)(C)C.CC.CC. The van der Waals surface area contributed by atoms with Crippen LogP contribution in [0.15, 0.2) is 23.3 Å². The molecule has 0 rings (SSSR count). The summed E-state index contributed by atoms with van der Waals surface area (Å²) in [6, 6.07) is 0. The summed E-state index contributed by atoms with van der Waals surface area (Å²) in [5.41, 5.74) is 3.48. The van der Waals surface area contributed by atoms with Crippen LogP contribution in [0.3, 0.4) is 0 Å². The molecule has 0 fully saturated rings. The summed E-state index contributed by atoms with van der Waals surface area (Å²) >= 11 is 0. The van der Waals surface area contributed by atoms with Crippen LogP contribution >= 0.6 is 0 Å². The van der Waals surface area contributed by atoms with Gasteiger partial charge in [0.25, 0.3) is 0 Å². The molecule has 0 aromatic heterocycles. The van der Waals surface area contributed by atoms with Gasteiger partial charge in [0.05, 0.1) is 0 Å². The molecule has 0 aromatic rings. The standard InChI is InChI=1S/C15H28.2C2H6/c1-7-10-11-14(12-15(4,5)6)13(8-2)9-3;2*1-2/h8,11H,7,9-10,12H2,1-6H3;2*1-2H3/b13-8-,14-11-;;. The van der Waals surface area contributed by atoms with Crippen molar-refractivity contribution >= 4 is 0 Å². The Hall–Kier alpha value is -0.520. The Morgan fingerprint density at radius 1 is 0.895 bits per heavy atom. The fourth-order valence-electron chi connectivity index (χ4n) is 1.82. The molecule has 0 saturated carbocycles. The van der Waals surface area contributed by atoms with Crippen LogP contribution in [0, 0.1) is 5.41 Å². The Kier molecular flexibility index (Phi) is 19.3. The Balaban J connectivity index is -0.000000579. The zero-order valence-electron chi connectivity index (χ0n) is 15.5. The second-order valence-electron chi connectivity index (χ2n) is 5.42. The quantitative estimate of drug-likeness (QED) is 0.451. The Morgan fingerprint density at radius 2 is 1.37 bits per heavy atom. The molecule has 0 aromatic carbocycles. The van der Waals surface area contributed by atoms with Gasteiger partial charge in [-0.2, -0.15) is 0 Å². The van der Waals surface area contributed by atoms with Gasteiger partial charge in [-0.3, -0.25) is 0 Å². The van der Waals surface area contributed by atoms with Gasteiger partial charge in [-0.25, -0.2) is 0 Å². The van der Waals surface area contributed by atoms with E-state index in [1.54, 1.807) is 5.57 Å². The van der Waals surface area contributed by atoms with Crippen molar-refractivity contribution in [1.82, 2.24) is 0 Å². The molecule has 0 aliphatic rings. The van der Waals surface area contributed by atoms with Crippen LogP contribution in [-0.2, 0) is 0 Å². The highest BCUT2D eigenvalue weighted by Gasteiger charge is 2.14. The molecule has 0 nitrogen and oxygen atoms in total. The van der Waals surface area contributed by atoms with Gasteiger partial charge in [0.15, 0.2) is 0 Å². The molecule has 0 atom stereocenters. The third-order valence-electron chi connectivity index (χ3n) is 2.54. The molecule has 0 unspecified atom stereocenters. The summed E-state index contributed by atoms with van der Waals surface area (Å²) in [6.07, 6.45) is 9.51. The molecule has 0 aliphatic carbocycles. The predicted octanol–water partition coefficient (Wildman–Crippen LogP) is 7.56. The van der Waals surface area contributed by atoms with E-state index in [9.17, 15) is 0 Å². The second kappa shape index (κ2) is 15.5. The highest BCUT2D eigenvalue weighted by Crippen LogP contribution is 2.29. The largest absolute Gasteiger partial charge is 0.0842 e. The first-order valence-corrected chi connectivity index (χ1v) is 8.29. The summed E-state index contributed by atoms with van der Waals surface area (Å²) in [5, 5.41) is 0. The minimum atomic E-state index is 0.392. The first kappa shape index (κ1) is 23.6. The van der Waals surface area contributed by atoms with Crippen molar-refractivity contribution in [2.24, 2.45) is 5.41 Å². The number of unbranched alkanes of at least 4 members (excludes halogenated alkanes) is 1. The van der Waals surface area contributed by atoms with Gasteiger partial charge in [-0.1, -0.05) is 80.9 Å². The molecule has 0 aliphatic heterocycles. The molecule has 0 amide bonds. The van der Waals surface area contributed by atoms with E-state index in [2.05, 4.69) is 53.7 Å². The van der Waals surface area contributed by atoms with Gasteiger partial charge < -0.3 is 0 Å². The lowest BCUT2D eigenvalue weighted by molar-refractivity contribution is 0.410. The fraction of sp³-hybridized carbons (Fsp3) is 0.789. The average molecular weight is 269 g/mol. The first-order valence-electron chi connectivity index (χ1n) is 8.29. The van der Waals surface area contributed by atoms with Crippen molar-refractivity contribution in [2.75, 3.05) is 0 Å². The van der Waals surface area contributed by atoms with E-state index >= 15 is 0 Å². The zero-order chi connectivity index (χ0) is 15.9. The van der Waals surface area contributed by atoms with E-state index < -0.39 is 0 Å². The van der Waals surface area contributed by atoms with Gasteiger partial charge in [0.2, 0.25) is 0 Å². The number of allylic oxidation sites excluding steroid dienone is 4. The van der Waals surface area contributed by atoms with Crippen molar-refractivity contribution in [1.29, 1.82) is 0 Å². The molecular formula is C19H40. The lowest BCUT2D eigenvalue weighted by Gasteiger charge is -2.22. The van der Waals surface area contributed by atoms with Crippen LogP contribution < -0.4 is 0 Å². The maximum Gasteiger partial charge on any atom is -0.0230 e. The van der Waals surface area contributed by atoms with E-state index in [-0.39, 0.29) is 0 Å². The predicted molar refractivity (Wildman–Crippen MR) is 93.8 cm³/mol. The van der Waals surface area contributed by atoms with Gasteiger partial charge in [-0.05, 0) is 42.7 Å². The van der Waals surface area contributed by atoms with E-state index in [0.29, 0.717) is 5.41 Å². The monoisotopic (exact) mass is 268 g/mol. The summed E-state index contributed by atoms with van der Waals surface area (Å²) in [5.74, 6) is 0. The lowest BCUT2D eigenvalue weighted by Crippen LogP contribution is -2.07. The van der Waals surface area contributed by atoms with Gasteiger partial charge >= 0.3 is 0 Å². The van der Waals surface area contributed by atoms with E-state index in [0.717, 1.165) is 6.42 Å². The maximum atomic E-state index is 2.43. The zero-order valence-corrected chi connectivity index (χ0v) is 15.5. The fourth-order valence-corrected chi connectivity index (χ4v) is 1.82. The molecule has 0 radical (unpaired) electrons. The van der Waals surface area contributed by atoms with E-state index in [1.165, 1.54) is 24.8 Å². The third kappa shape index (κ3) is 15.4. The molecule has 0 saturated heterocycles. The van der Waals surface area contributed by atoms with Crippen LogP contribution in [0.5, 0.6) is 0 Å². The molecule has 0 heterocycles. The van der Waals surface area contributed by atoms with Gasteiger partial charge in [-0.15, -0.1) is 0 Å². The Morgan fingerprint density at radius 3 is 1.63 bits per heavy atom. The summed E-state index contributed by atoms with van der Waals surface area (Å²) in [4.78, 5) is 0. The van der Waals surface area contributed by atoms with Gasteiger partial charge in [0.1, 0.15) is 0 Å². The molecule has 0 bridgehead atoms. The van der Waals surface area contributed by atoms with Crippen molar-refractivity contribution in [3.8, 4) is 0 Å². The van der Waals surface area contributed by atoms with E-state index in [1.807, 2.05) is 27.7 Å². The van der Waals surface area contributed by atoms with Crippen LogP contribution in [0.25, 0.3) is 0 Å². The smallest absolute Gasteiger partial charge is 0.0230 e. The van der Waals surface area contributed by atoms with Crippen molar-refractivity contribution in [3.05, 3.63) is 23.3 Å². The topological polar surface area (TPSA) is 0 Å². The maximum absolute atomic E-state index is 2.43. The van der Waals surface area contributed by atoms with E-state index in [4.69, 9.17) is 0 Å². The molecule has 0 spiro atoms. The van der Waals surface area contributed by atoms with Gasteiger partial charge in [0, 0.05) is 0 Å². The second-order valence-corrected chi connectivity index (χ2v) is 5.42. The summed E-state index contributed by atoms with van der Waals surface area (Å²) in [6.45, 7) is 21.6. The Labute approximate surface area is 124 Å². The third-order valence-corrected chi connectivity index (χ3v) is 2.54. The average Bonchev–Trinajstić information content (AvgIpc) is 2.40. The van der Waals surface area contributed by atoms with Crippen molar-refractivity contribution in [2.45, 2.75) is 94.9 Å². The number of hydrogen-bond acceptors (Lipinski definition) is 0. The molecule has 19 heavy (non-hydrogen) atoms. The van der Waals surface area contributed by atoms with Crippen molar-refractivity contribution in [3.63, 3.8) is 0 Å². The molecule has 0 heteroatoms. The number of rotatable bonds is 5. The van der Waals surface area contributed by atoms with Crippen molar-refractivity contribution < 1.29 is 0 Å². The first-order chi connectivity index (χ1) is 8.94. The minimum absolute atomic E-state index is 0.392. The highest BCUT2D eigenvalue weighted by molar-refractivity contribution is 5.30. The van der Waals surface area contributed by atoms with Crippen LogP contribution in [0.4, 0.5) is 0 Å². The Bertz CT molecular complexity index is 223. The van der Waals surface area contributed by atoms with Crippen LogP contribution in [0.1, 0.15) is 94.9 Å². The normalized spacial score (nSPS) is 12.1. The number of hydrogen-bond donors (Lipinski definition) is 0. The lowest BCUT2D eigenvalue weighted by atomic mass is 9.84. The molecule has 0 N–H and O–H groups in total. The van der Waals surface area contributed by atoms with Crippen LogP contribution in [-0.4, -0.2) is 0 Å².